The number of hydrogen-bond acceptors (Lipinski definition) is 4. The van der Waals surface area contributed by atoms with Gasteiger partial charge in [-0.25, -0.2) is 13.1 Å². The molecule has 0 radical (unpaired) electrons. The molecule has 0 spiro atoms. The van der Waals surface area contributed by atoms with E-state index in [1.807, 2.05) is 12.1 Å². The molecule has 7 nitrogen and oxygen atoms in total. The van der Waals surface area contributed by atoms with Crippen molar-refractivity contribution in [3.8, 4) is 5.75 Å². The van der Waals surface area contributed by atoms with Crippen molar-refractivity contribution in [2.75, 3.05) is 39.5 Å². The largest absolute Gasteiger partial charge is 0.497 e. The lowest BCUT2D eigenvalue weighted by Gasteiger charge is -2.13. The predicted octanol–water partition coefficient (Wildman–Crippen LogP) is 1.61. The standard InChI is InChI=1S/C15H25ClN4O3S.HI/c1-4-24(21,22)20-10-9-19-15(17-2)18-8-7-12-5-6-13(23-3)11-14(12)16;/h5-6,11,20H,4,7-10H2,1-3H3,(H2,17,18,19);1H. The van der Waals surface area contributed by atoms with Gasteiger partial charge in [0.15, 0.2) is 5.96 Å². The minimum atomic E-state index is -3.16. The highest BCUT2D eigenvalue weighted by Crippen LogP contribution is 2.22. The Hall–Kier alpha value is -0.780. The monoisotopic (exact) mass is 504 g/mol. The Bertz CT molecular complexity index is 656. The minimum absolute atomic E-state index is 0. The van der Waals surface area contributed by atoms with E-state index in [0.29, 0.717) is 30.6 Å². The summed E-state index contributed by atoms with van der Waals surface area (Å²) in [6.07, 6.45) is 0.728. The third kappa shape index (κ3) is 9.47. The van der Waals surface area contributed by atoms with E-state index >= 15 is 0 Å². The van der Waals surface area contributed by atoms with Crippen molar-refractivity contribution in [1.29, 1.82) is 0 Å². The number of rotatable bonds is 9. The van der Waals surface area contributed by atoms with Crippen LogP contribution in [0.4, 0.5) is 0 Å². The Kier molecular flexibility index (Phi) is 12.2. The van der Waals surface area contributed by atoms with Gasteiger partial charge in [-0.15, -0.1) is 24.0 Å². The fraction of sp³-hybridized carbons (Fsp3) is 0.533. The smallest absolute Gasteiger partial charge is 0.211 e. The van der Waals surface area contributed by atoms with E-state index in [1.54, 1.807) is 27.1 Å². The second kappa shape index (κ2) is 12.6. The van der Waals surface area contributed by atoms with E-state index < -0.39 is 10.0 Å². The quantitative estimate of drug-likeness (QED) is 0.206. The van der Waals surface area contributed by atoms with Gasteiger partial charge in [-0.2, -0.15) is 0 Å². The Morgan fingerprint density at radius 3 is 2.48 bits per heavy atom. The van der Waals surface area contributed by atoms with Crippen LogP contribution in [0.1, 0.15) is 12.5 Å². The van der Waals surface area contributed by atoms with Crippen molar-refractivity contribution < 1.29 is 13.2 Å². The molecule has 1 rings (SSSR count). The number of aliphatic imine (C=N–C) groups is 1. The number of hydrogen-bond donors (Lipinski definition) is 3. The van der Waals surface area contributed by atoms with Crippen LogP contribution in [0.3, 0.4) is 0 Å². The molecule has 3 N–H and O–H groups in total. The zero-order valence-corrected chi connectivity index (χ0v) is 18.5. The molecule has 0 heterocycles. The summed E-state index contributed by atoms with van der Waals surface area (Å²) in [6.45, 7) is 3.00. The minimum Gasteiger partial charge on any atom is -0.497 e. The molecule has 0 amide bonds. The number of sulfonamides is 1. The maximum atomic E-state index is 11.3. The molecule has 1 aromatic rings. The van der Waals surface area contributed by atoms with Gasteiger partial charge >= 0.3 is 0 Å². The van der Waals surface area contributed by atoms with E-state index in [1.165, 1.54) is 0 Å². The first-order chi connectivity index (χ1) is 11.4. The van der Waals surface area contributed by atoms with Crippen molar-refractivity contribution in [3.05, 3.63) is 28.8 Å². The van der Waals surface area contributed by atoms with Gasteiger partial charge in [-0.05, 0) is 31.0 Å². The van der Waals surface area contributed by atoms with Crippen LogP contribution in [-0.2, 0) is 16.4 Å². The van der Waals surface area contributed by atoms with Crippen molar-refractivity contribution in [1.82, 2.24) is 15.4 Å². The number of benzene rings is 1. The molecular formula is C15H26ClIN4O3S. The third-order valence-corrected chi connectivity index (χ3v) is 5.05. The molecule has 0 aromatic heterocycles. The molecule has 0 aliphatic carbocycles. The number of guanidine groups is 1. The van der Waals surface area contributed by atoms with Gasteiger partial charge in [-0.1, -0.05) is 17.7 Å². The van der Waals surface area contributed by atoms with Crippen molar-refractivity contribution in [2.45, 2.75) is 13.3 Å². The average Bonchev–Trinajstić information content (AvgIpc) is 2.58. The summed E-state index contributed by atoms with van der Waals surface area (Å²) in [5, 5.41) is 6.86. The normalized spacial score (nSPS) is 11.6. The summed E-state index contributed by atoms with van der Waals surface area (Å²) in [6, 6.07) is 5.58. The van der Waals surface area contributed by atoms with E-state index in [0.717, 1.165) is 17.7 Å². The fourth-order valence-corrected chi connectivity index (χ4v) is 2.77. The Morgan fingerprint density at radius 1 is 1.24 bits per heavy atom. The molecule has 0 saturated carbocycles. The summed E-state index contributed by atoms with van der Waals surface area (Å²) in [4.78, 5) is 4.09. The maximum absolute atomic E-state index is 11.3. The van der Waals surface area contributed by atoms with E-state index in [2.05, 4.69) is 20.3 Å². The van der Waals surface area contributed by atoms with Gasteiger partial charge in [0.05, 0.1) is 12.9 Å². The zero-order chi connectivity index (χ0) is 18.0. The molecule has 0 aliphatic heterocycles. The van der Waals surface area contributed by atoms with E-state index in [9.17, 15) is 8.42 Å². The summed E-state index contributed by atoms with van der Waals surface area (Å²) >= 11 is 6.20. The van der Waals surface area contributed by atoms with Crippen LogP contribution in [0, 0.1) is 0 Å². The summed E-state index contributed by atoms with van der Waals surface area (Å²) < 4.78 is 30.2. The number of nitrogens with one attached hydrogen (secondary N) is 3. The lowest BCUT2D eigenvalue weighted by molar-refractivity contribution is 0.414. The van der Waals surface area contributed by atoms with Crippen LogP contribution in [0.5, 0.6) is 5.75 Å². The van der Waals surface area contributed by atoms with Crippen molar-refractivity contribution >= 4 is 51.6 Å². The van der Waals surface area contributed by atoms with Crippen LogP contribution in [0.2, 0.25) is 5.02 Å². The second-order valence-corrected chi connectivity index (χ2v) is 7.43. The van der Waals surface area contributed by atoms with Crippen LogP contribution in [-0.4, -0.2) is 53.9 Å². The Morgan fingerprint density at radius 2 is 1.92 bits per heavy atom. The number of halogens is 2. The van der Waals surface area contributed by atoms with Gasteiger partial charge in [0.1, 0.15) is 5.75 Å². The molecule has 1 aromatic carbocycles. The van der Waals surface area contributed by atoms with Crippen LogP contribution >= 0.6 is 35.6 Å². The third-order valence-electron chi connectivity index (χ3n) is 3.29. The number of ether oxygens (including phenoxy) is 1. The summed E-state index contributed by atoms with van der Waals surface area (Å²) in [7, 11) is 0.0961. The Balaban J connectivity index is 0.00000576. The lowest BCUT2D eigenvalue weighted by atomic mass is 10.1. The molecule has 144 valence electrons. The zero-order valence-electron chi connectivity index (χ0n) is 14.6. The molecule has 0 aliphatic rings. The lowest BCUT2D eigenvalue weighted by Crippen LogP contribution is -2.42. The van der Waals surface area contributed by atoms with Gasteiger partial charge < -0.3 is 15.4 Å². The maximum Gasteiger partial charge on any atom is 0.211 e. The highest BCUT2D eigenvalue weighted by Gasteiger charge is 2.06. The summed E-state index contributed by atoms with van der Waals surface area (Å²) in [5.74, 6) is 1.40. The SMILES string of the molecule is CCS(=O)(=O)NCCNC(=NC)NCCc1ccc(OC)cc1Cl.I. The molecule has 0 atom stereocenters. The van der Waals surface area contributed by atoms with Gasteiger partial charge in [0, 0.05) is 31.7 Å². The van der Waals surface area contributed by atoms with Crippen LogP contribution < -0.4 is 20.1 Å². The fourth-order valence-electron chi connectivity index (χ4n) is 1.88. The first-order valence-electron chi connectivity index (χ1n) is 7.66. The highest BCUT2D eigenvalue weighted by molar-refractivity contribution is 14.0. The van der Waals surface area contributed by atoms with Gasteiger partial charge in [0.25, 0.3) is 0 Å². The number of methoxy groups -OCH3 is 1. The average molecular weight is 505 g/mol. The van der Waals surface area contributed by atoms with Gasteiger partial charge in [-0.3, -0.25) is 4.99 Å². The number of nitrogens with zero attached hydrogens (tertiary/aromatic N) is 1. The molecular weight excluding hydrogens is 479 g/mol. The highest BCUT2D eigenvalue weighted by atomic mass is 127. The van der Waals surface area contributed by atoms with Crippen LogP contribution in [0.15, 0.2) is 23.2 Å². The predicted molar refractivity (Wildman–Crippen MR) is 114 cm³/mol. The molecule has 25 heavy (non-hydrogen) atoms. The van der Waals surface area contributed by atoms with E-state index in [-0.39, 0.29) is 29.7 Å². The van der Waals surface area contributed by atoms with Crippen molar-refractivity contribution in [3.63, 3.8) is 0 Å². The first-order valence-corrected chi connectivity index (χ1v) is 9.69. The van der Waals surface area contributed by atoms with Crippen molar-refractivity contribution in [2.24, 2.45) is 4.99 Å². The Labute approximate surface area is 172 Å². The van der Waals surface area contributed by atoms with E-state index in [4.69, 9.17) is 16.3 Å². The topological polar surface area (TPSA) is 91.8 Å². The molecule has 10 heteroatoms. The van der Waals surface area contributed by atoms with Crippen LogP contribution in [0.25, 0.3) is 0 Å². The molecule has 0 saturated heterocycles. The van der Waals surface area contributed by atoms with Gasteiger partial charge in [0.2, 0.25) is 10.0 Å². The first kappa shape index (κ1) is 24.2. The molecule has 0 bridgehead atoms. The second-order valence-electron chi connectivity index (χ2n) is 4.93. The molecule has 0 unspecified atom stereocenters. The molecule has 0 fully saturated rings. The summed E-state index contributed by atoms with van der Waals surface area (Å²) in [5.41, 5.74) is 1.01.